The van der Waals surface area contributed by atoms with Crippen LogP contribution in [0.25, 0.3) is 0 Å². The zero-order valence-electron chi connectivity index (χ0n) is 13.2. The predicted molar refractivity (Wildman–Crippen MR) is 92.2 cm³/mol. The largest absolute Gasteiger partial charge is 0.481 e. The summed E-state index contributed by atoms with van der Waals surface area (Å²) in [5.41, 5.74) is -0.172. The van der Waals surface area contributed by atoms with E-state index in [1.807, 2.05) is 0 Å². The minimum absolute atomic E-state index is 0.0755. The van der Waals surface area contributed by atoms with Gasteiger partial charge in [-0.1, -0.05) is 12.1 Å². The van der Waals surface area contributed by atoms with Gasteiger partial charge in [-0.25, -0.2) is 0 Å². The van der Waals surface area contributed by atoms with E-state index >= 15 is 0 Å². The van der Waals surface area contributed by atoms with E-state index < -0.39 is 11.4 Å². The molecule has 3 rings (SSSR count). The minimum atomic E-state index is -1.00. The molecule has 1 aromatic carbocycles. The summed E-state index contributed by atoms with van der Waals surface area (Å²) in [4.78, 5) is 36.2. The average Bonchev–Trinajstić information content (AvgIpc) is 3.22. The third-order valence-corrected chi connectivity index (χ3v) is 5.66. The highest BCUT2D eigenvalue weighted by Crippen LogP contribution is 2.39. The van der Waals surface area contributed by atoms with Crippen LogP contribution >= 0.6 is 11.8 Å². The number of carboxylic acids is 1. The van der Waals surface area contributed by atoms with Gasteiger partial charge in [0.05, 0.1) is 16.7 Å². The highest BCUT2D eigenvalue weighted by Gasteiger charge is 2.43. The van der Waals surface area contributed by atoms with Gasteiger partial charge in [0.1, 0.15) is 0 Å². The van der Waals surface area contributed by atoms with Crippen LogP contribution in [0, 0.1) is 5.41 Å². The van der Waals surface area contributed by atoms with E-state index in [1.54, 1.807) is 36.0 Å². The standard InChI is InChI=1S/C17H20N2O4S/c20-14(9-17(16(22)23)7-8-24-10-17)19-13-4-2-1-3-12(13)15(21)18-11-5-6-11/h1-4,11H,5-10H2,(H,18,21)(H,19,20)(H,22,23)/t17-/m0/s1. The van der Waals surface area contributed by atoms with Gasteiger partial charge in [-0.3, -0.25) is 14.4 Å². The molecular formula is C17H20N2O4S. The van der Waals surface area contributed by atoms with Crippen molar-refractivity contribution in [3.63, 3.8) is 0 Å². The second-order valence-electron chi connectivity index (χ2n) is 6.41. The Morgan fingerprint density at radius 2 is 2.00 bits per heavy atom. The summed E-state index contributed by atoms with van der Waals surface area (Å²) >= 11 is 1.55. The van der Waals surface area contributed by atoms with E-state index in [4.69, 9.17) is 0 Å². The Morgan fingerprint density at radius 1 is 1.25 bits per heavy atom. The molecule has 2 amide bonds. The quantitative estimate of drug-likeness (QED) is 0.732. The molecule has 6 nitrogen and oxygen atoms in total. The molecule has 128 valence electrons. The van der Waals surface area contributed by atoms with Crippen LogP contribution in [0.5, 0.6) is 0 Å². The number of carbonyl (C=O) groups is 3. The van der Waals surface area contributed by atoms with Crippen LogP contribution in [0.3, 0.4) is 0 Å². The van der Waals surface area contributed by atoms with Crippen LogP contribution < -0.4 is 10.6 Å². The number of benzene rings is 1. The highest BCUT2D eigenvalue weighted by molar-refractivity contribution is 7.99. The van der Waals surface area contributed by atoms with Crippen molar-refractivity contribution in [2.45, 2.75) is 31.7 Å². The van der Waals surface area contributed by atoms with Gasteiger partial charge in [0, 0.05) is 18.2 Å². The Morgan fingerprint density at radius 3 is 2.62 bits per heavy atom. The van der Waals surface area contributed by atoms with Crippen LogP contribution in [-0.4, -0.2) is 40.4 Å². The lowest BCUT2D eigenvalue weighted by Gasteiger charge is -2.22. The topological polar surface area (TPSA) is 95.5 Å². The van der Waals surface area contributed by atoms with Crippen molar-refractivity contribution < 1.29 is 19.5 Å². The van der Waals surface area contributed by atoms with Gasteiger partial charge in [0.15, 0.2) is 0 Å². The molecule has 3 N–H and O–H groups in total. The van der Waals surface area contributed by atoms with Gasteiger partial charge < -0.3 is 15.7 Å². The molecule has 0 aromatic heterocycles. The maximum absolute atomic E-state index is 12.4. The first-order valence-electron chi connectivity index (χ1n) is 8.01. The molecular weight excluding hydrogens is 328 g/mol. The molecule has 24 heavy (non-hydrogen) atoms. The molecule has 1 aromatic rings. The minimum Gasteiger partial charge on any atom is -0.481 e. The van der Waals surface area contributed by atoms with Crippen molar-refractivity contribution >= 4 is 35.2 Å². The second kappa shape index (κ2) is 6.84. The molecule has 0 radical (unpaired) electrons. The summed E-state index contributed by atoms with van der Waals surface area (Å²) in [6.07, 6.45) is 2.39. The average molecular weight is 348 g/mol. The lowest BCUT2D eigenvalue weighted by molar-refractivity contribution is -0.149. The summed E-state index contributed by atoms with van der Waals surface area (Å²) < 4.78 is 0. The number of amides is 2. The number of anilines is 1. The molecule has 1 aliphatic heterocycles. The number of carboxylic acid groups (broad SMARTS) is 1. The third-order valence-electron chi connectivity index (χ3n) is 4.41. The first-order valence-corrected chi connectivity index (χ1v) is 9.16. The van der Waals surface area contributed by atoms with Gasteiger partial charge in [0.2, 0.25) is 5.91 Å². The number of nitrogens with one attached hydrogen (secondary N) is 2. The summed E-state index contributed by atoms with van der Waals surface area (Å²) in [6.45, 7) is 0. The lowest BCUT2D eigenvalue weighted by atomic mass is 9.84. The Bertz CT molecular complexity index is 666. The highest BCUT2D eigenvalue weighted by atomic mass is 32.2. The van der Waals surface area contributed by atoms with Crippen molar-refractivity contribution in [3.8, 4) is 0 Å². The van der Waals surface area contributed by atoms with Crippen LogP contribution in [0.2, 0.25) is 0 Å². The third kappa shape index (κ3) is 3.72. The molecule has 0 spiro atoms. The normalized spacial score (nSPS) is 22.8. The smallest absolute Gasteiger partial charge is 0.311 e. The van der Waals surface area contributed by atoms with Crippen molar-refractivity contribution in [2.75, 3.05) is 16.8 Å². The van der Waals surface area contributed by atoms with Crippen LogP contribution in [0.1, 0.15) is 36.0 Å². The van der Waals surface area contributed by atoms with Crippen LogP contribution in [-0.2, 0) is 9.59 Å². The number of para-hydroxylation sites is 1. The van der Waals surface area contributed by atoms with E-state index in [9.17, 15) is 19.5 Å². The van der Waals surface area contributed by atoms with Gasteiger partial charge in [-0.15, -0.1) is 0 Å². The molecule has 0 unspecified atom stereocenters. The van der Waals surface area contributed by atoms with Crippen LogP contribution in [0.15, 0.2) is 24.3 Å². The Labute approximate surface area is 144 Å². The van der Waals surface area contributed by atoms with Crippen molar-refractivity contribution in [1.29, 1.82) is 0 Å². The summed E-state index contributed by atoms with van der Waals surface area (Å²) in [5.74, 6) is -0.314. The fourth-order valence-electron chi connectivity index (χ4n) is 2.77. The van der Waals surface area contributed by atoms with E-state index in [1.165, 1.54) is 0 Å². The summed E-state index contributed by atoms with van der Waals surface area (Å²) in [5, 5.41) is 15.1. The maximum atomic E-state index is 12.4. The lowest BCUT2D eigenvalue weighted by Crippen LogP contribution is -2.35. The number of carbonyl (C=O) groups excluding carboxylic acids is 2. The van der Waals surface area contributed by atoms with Crippen molar-refractivity contribution in [3.05, 3.63) is 29.8 Å². The fourth-order valence-corrected chi connectivity index (χ4v) is 4.21. The number of aliphatic carboxylic acids is 1. The second-order valence-corrected chi connectivity index (χ2v) is 7.51. The monoisotopic (exact) mass is 348 g/mol. The van der Waals surface area contributed by atoms with E-state index in [2.05, 4.69) is 10.6 Å². The Hall–Kier alpha value is -2.02. The molecule has 7 heteroatoms. The molecule has 1 aliphatic carbocycles. The molecule has 2 aliphatic rings. The number of thioether (sulfide) groups is 1. The van der Waals surface area contributed by atoms with Gasteiger partial charge in [-0.2, -0.15) is 11.8 Å². The first kappa shape index (κ1) is 16.8. The maximum Gasteiger partial charge on any atom is 0.311 e. The number of hydrogen-bond donors (Lipinski definition) is 3. The number of rotatable bonds is 6. The van der Waals surface area contributed by atoms with Gasteiger partial charge in [0.25, 0.3) is 5.91 Å². The molecule has 2 fully saturated rings. The Kier molecular flexibility index (Phi) is 4.80. The van der Waals surface area contributed by atoms with E-state index in [0.717, 1.165) is 18.6 Å². The molecule has 1 saturated heterocycles. The Balaban J connectivity index is 1.70. The van der Waals surface area contributed by atoms with Gasteiger partial charge in [-0.05, 0) is 37.1 Å². The summed E-state index contributed by atoms with van der Waals surface area (Å²) in [7, 11) is 0. The number of hydrogen-bond acceptors (Lipinski definition) is 4. The van der Waals surface area contributed by atoms with Crippen molar-refractivity contribution in [1.82, 2.24) is 5.32 Å². The molecule has 0 bridgehead atoms. The first-order chi connectivity index (χ1) is 11.5. The predicted octanol–water partition coefficient (Wildman–Crippen LogP) is 2.12. The zero-order valence-corrected chi connectivity index (χ0v) is 14.0. The zero-order chi connectivity index (χ0) is 17.2. The van der Waals surface area contributed by atoms with E-state index in [-0.39, 0.29) is 24.3 Å². The van der Waals surface area contributed by atoms with Crippen molar-refractivity contribution in [2.24, 2.45) is 5.41 Å². The molecule has 1 saturated carbocycles. The van der Waals surface area contributed by atoms with Crippen LogP contribution in [0.4, 0.5) is 5.69 Å². The molecule has 1 heterocycles. The summed E-state index contributed by atoms with van der Waals surface area (Å²) in [6, 6.07) is 7.03. The van der Waals surface area contributed by atoms with Gasteiger partial charge >= 0.3 is 5.97 Å². The fraction of sp³-hybridized carbons (Fsp3) is 0.471. The SMILES string of the molecule is O=C(C[C@@]1(C(=O)O)CCSC1)Nc1ccccc1C(=O)NC1CC1. The molecule has 1 atom stereocenters. The van der Waals surface area contributed by atoms with E-state index in [0.29, 0.717) is 23.4 Å².